The van der Waals surface area contributed by atoms with E-state index in [1.54, 1.807) is 0 Å². The van der Waals surface area contributed by atoms with Crippen LogP contribution in [0.1, 0.15) is 32.1 Å². The molecule has 1 amide bonds. The van der Waals surface area contributed by atoms with Gasteiger partial charge in [0.15, 0.2) is 0 Å². The van der Waals surface area contributed by atoms with Crippen molar-refractivity contribution in [1.82, 2.24) is 5.32 Å². The minimum absolute atomic E-state index is 0.246. The van der Waals surface area contributed by atoms with E-state index in [-0.39, 0.29) is 5.91 Å². The molecule has 0 aromatic heterocycles. The highest BCUT2D eigenvalue weighted by Gasteiger charge is 2.24. The van der Waals surface area contributed by atoms with Crippen LogP contribution in [-0.2, 0) is 4.79 Å². The maximum atomic E-state index is 11.2. The molecule has 1 fully saturated rings. The monoisotopic (exact) mass is 189 g/mol. The predicted octanol–water partition coefficient (Wildman–Crippen LogP) is 1.92. The van der Waals surface area contributed by atoms with Gasteiger partial charge in [0, 0.05) is 18.3 Å². The van der Waals surface area contributed by atoms with Crippen LogP contribution in [0.15, 0.2) is 0 Å². The van der Waals surface area contributed by atoms with Crippen molar-refractivity contribution in [2.75, 3.05) is 12.4 Å². The Labute approximate surface area is 78.7 Å². The average molecular weight is 190 g/mol. The molecule has 1 saturated carbocycles. The third-order valence-corrected chi connectivity index (χ3v) is 2.60. The normalized spacial score (nSPS) is 17.1. The Morgan fingerprint density at radius 2 is 2.17 bits per heavy atom. The first kappa shape index (κ1) is 9.85. The van der Waals surface area contributed by atoms with Crippen molar-refractivity contribution in [1.29, 1.82) is 0 Å². The van der Waals surface area contributed by atoms with Crippen LogP contribution in [0.25, 0.3) is 0 Å². The van der Waals surface area contributed by atoms with Crippen molar-refractivity contribution >= 4 is 17.5 Å². The second-order valence-electron chi connectivity index (χ2n) is 3.31. The molecule has 0 aromatic carbocycles. The molecular weight excluding hydrogens is 174 g/mol. The molecular formula is C9H16ClNO. The molecule has 1 aliphatic rings. The average Bonchev–Trinajstić information content (AvgIpc) is 1.95. The Morgan fingerprint density at radius 3 is 2.67 bits per heavy atom. The van der Waals surface area contributed by atoms with Crippen LogP contribution < -0.4 is 5.32 Å². The lowest BCUT2D eigenvalue weighted by Crippen LogP contribution is -2.34. The number of alkyl halides is 1. The van der Waals surface area contributed by atoms with Gasteiger partial charge in [0.25, 0.3) is 0 Å². The van der Waals surface area contributed by atoms with Gasteiger partial charge in [-0.1, -0.05) is 6.42 Å². The first-order valence-electron chi connectivity index (χ1n) is 4.68. The van der Waals surface area contributed by atoms with E-state index in [1.807, 2.05) is 0 Å². The Kier molecular flexibility index (Phi) is 4.44. The molecule has 3 heteroatoms. The lowest BCUT2D eigenvalue weighted by Gasteiger charge is -2.23. The molecule has 1 N–H and O–H groups in total. The summed E-state index contributed by atoms with van der Waals surface area (Å²) in [4.78, 5) is 11.2. The lowest BCUT2D eigenvalue weighted by atomic mass is 9.85. The first-order chi connectivity index (χ1) is 5.84. The molecule has 0 aromatic rings. The van der Waals surface area contributed by atoms with E-state index in [1.165, 1.54) is 6.42 Å². The van der Waals surface area contributed by atoms with Crippen LogP contribution >= 0.6 is 11.6 Å². The van der Waals surface area contributed by atoms with Crippen molar-refractivity contribution < 1.29 is 4.79 Å². The Hall–Kier alpha value is -0.240. The van der Waals surface area contributed by atoms with Gasteiger partial charge in [0.05, 0.1) is 0 Å². The molecule has 1 aliphatic carbocycles. The van der Waals surface area contributed by atoms with Gasteiger partial charge >= 0.3 is 0 Å². The number of hydrogen-bond acceptors (Lipinski definition) is 1. The zero-order valence-electron chi connectivity index (χ0n) is 7.31. The van der Waals surface area contributed by atoms with Gasteiger partial charge in [-0.15, -0.1) is 11.6 Å². The van der Waals surface area contributed by atoms with Crippen molar-refractivity contribution in [3.8, 4) is 0 Å². The van der Waals surface area contributed by atoms with Gasteiger partial charge in [0.2, 0.25) is 5.91 Å². The molecule has 0 atom stereocenters. The van der Waals surface area contributed by atoms with E-state index in [2.05, 4.69) is 5.32 Å². The molecule has 0 spiro atoms. The topological polar surface area (TPSA) is 29.1 Å². The number of halogens is 1. The van der Waals surface area contributed by atoms with Crippen LogP contribution in [0, 0.1) is 5.92 Å². The van der Waals surface area contributed by atoms with Crippen LogP contribution in [0.4, 0.5) is 0 Å². The summed E-state index contributed by atoms with van der Waals surface area (Å²) in [5.41, 5.74) is 0. The van der Waals surface area contributed by atoms with Gasteiger partial charge < -0.3 is 5.32 Å². The van der Waals surface area contributed by atoms with E-state index in [0.29, 0.717) is 11.8 Å². The van der Waals surface area contributed by atoms with Crippen molar-refractivity contribution in [2.45, 2.75) is 32.1 Å². The van der Waals surface area contributed by atoms with Gasteiger partial charge in [0.1, 0.15) is 0 Å². The number of amides is 1. The molecule has 0 saturated heterocycles. The zero-order chi connectivity index (χ0) is 8.81. The molecule has 0 radical (unpaired) electrons. The van der Waals surface area contributed by atoms with Crippen molar-refractivity contribution in [3.63, 3.8) is 0 Å². The summed E-state index contributed by atoms with van der Waals surface area (Å²) in [7, 11) is 0. The third-order valence-electron chi connectivity index (χ3n) is 2.34. The number of carbonyl (C=O) groups excluding carboxylic acids is 1. The highest BCUT2D eigenvalue weighted by Crippen LogP contribution is 2.25. The summed E-state index contributed by atoms with van der Waals surface area (Å²) < 4.78 is 0. The standard InChI is InChI=1S/C9H16ClNO/c10-6-1-2-7-11-9(12)8-4-3-5-8/h8H,1-7H2,(H,11,12). The maximum absolute atomic E-state index is 11.2. The molecule has 0 heterocycles. The molecule has 0 unspecified atom stereocenters. The minimum atomic E-state index is 0.246. The summed E-state index contributed by atoms with van der Waals surface area (Å²) in [6, 6.07) is 0. The van der Waals surface area contributed by atoms with E-state index < -0.39 is 0 Å². The van der Waals surface area contributed by atoms with Crippen LogP contribution in [-0.4, -0.2) is 18.3 Å². The second-order valence-corrected chi connectivity index (χ2v) is 3.69. The molecule has 2 nitrogen and oxygen atoms in total. The molecule has 12 heavy (non-hydrogen) atoms. The smallest absolute Gasteiger partial charge is 0.223 e. The van der Waals surface area contributed by atoms with E-state index in [4.69, 9.17) is 11.6 Å². The Bertz CT molecular complexity index is 145. The van der Waals surface area contributed by atoms with E-state index >= 15 is 0 Å². The quantitative estimate of drug-likeness (QED) is 0.520. The summed E-state index contributed by atoms with van der Waals surface area (Å²) in [5.74, 6) is 1.26. The summed E-state index contributed by atoms with van der Waals surface area (Å²) in [6.07, 6.45) is 5.39. The van der Waals surface area contributed by atoms with Gasteiger partial charge in [-0.3, -0.25) is 4.79 Å². The third kappa shape index (κ3) is 3.02. The van der Waals surface area contributed by atoms with Crippen LogP contribution in [0.5, 0.6) is 0 Å². The Balaban J connectivity index is 1.94. The fraction of sp³-hybridized carbons (Fsp3) is 0.889. The largest absolute Gasteiger partial charge is 0.356 e. The highest BCUT2D eigenvalue weighted by molar-refractivity contribution is 6.17. The summed E-state index contributed by atoms with van der Waals surface area (Å²) >= 11 is 5.51. The number of rotatable bonds is 5. The minimum Gasteiger partial charge on any atom is -0.356 e. The highest BCUT2D eigenvalue weighted by atomic mass is 35.5. The number of hydrogen-bond donors (Lipinski definition) is 1. The zero-order valence-corrected chi connectivity index (χ0v) is 8.07. The first-order valence-corrected chi connectivity index (χ1v) is 5.21. The molecule has 1 rings (SSSR count). The van der Waals surface area contributed by atoms with Gasteiger partial charge in [-0.05, 0) is 25.7 Å². The SMILES string of the molecule is O=C(NCCCCCl)C1CCC1. The summed E-state index contributed by atoms with van der Waals surface area (Å²) in [6.45, 7) is 0.794. The predicted molar refractivity (Wildman–Crippen MR) is 50.3 cm³/mol. The lowest BCUT2D eigenvalue weighted by molar-refractivity contribution is -0.127. The molecule has 0 aliphatic heterocycles. The number of carbonyl (C=O) groups is 1. The molecule has 0 bridgehead atoms. The van der Waals surface area contributed by atoms with Gasteiger partial charge in [-0.25, -0.2) is 0 Å². The molecule has 70 valence electrons. The van der Waals surface area contributed by atoms with Crippen LogP contribution in [0.3, 0.4) is 0 Å². The Morgan fingerprint density at radius 1 is 1.42 bits per heavy atom. The second kappa shape index (κ2) is 5.41. The number of nitrogens with one attached hydrogen (secondary N) is 1. The van der Waals surface area contributed by atoms with Crippen LogP contribution in [0.2, 0.25) is 0 Å². The van der Waals surface area contributed by atoms with Crippen molar-refractivity contribution in [3.05, 3.63) is 0 Å². The fourth-order valence-corrected chi connectivity index (χ4v) is 1.43. The maximum Gasteiger partial charge on any atom is 0.223 e. The van der Waals surface area contributed by atoms with Gasteiger partial charge in [-0.2, -0.15) is 0 Å². The fourth-order valence-electron chi connectivity index (χ4n) is 1.25. The summed E-state index contributed by atoms with van der Waals surface area (Å²) in [5, 5.41) is 2.92. The van der Waals surface area contributed by atoms with Crippen molar-refractivity contribution in [2.24, 2.45) is 5.92 Å². The van der Waals surface area contributed by atoms with E-state index in [0.717, 1.165) is 32.2 Å². The van der Waals surface area contributed by atoms with E-state index in [9.17, 15) is 4.79 Å². The number of unbranched alkanes of at least 4 members (excludes halogenated alkanes) is 1.